The lowest BCUT2D eigenvalue weighted by Gasteiger charge is -2.07. The predicted molar refractivity (Wildman–Crippen MR) is 75.3 cm³/mol. The maximum Gasteiger partial charge on any atom is 0.0918 e. The molecule has 2 aromatic rings. The van der Waals surface area contributed by atoms with Crippen LogP contribution in [0.2, 0.25) is 5.02 Å². The van der Waals surface area contributed by atoms with E-state index in [0.717, 1.165) is 16.7 Å². The zero-order valence-electron chi connectivity index (χ0n) is 10.0. The minimum Gasteiger partial charge on any atom is -0.193 e. The Labute approximate surface area is 112 Å². The fourth-order valence-corrected chi connectivity index (χ4v) is 1.89. The first-order valence-corrected chi connectivity index (χ1v) is 6.01. The van der Waals surface area contributed by atoms with Crippen LogP contribution in [0.5, 0.6) is 0 Å². The van der Waals surface area contributed by atoms with Crippen LogP contribution in [0.4, 0.5) is 0 Å². The first-order valence-electron chi connectivity index (χ1n) is 5.63. The van der Waals surface area contributed by atoms with Gasteiger partial charge in [-0.25, -0.2) is 0 Å². The quantitative estimate of drug-likeness (QED) is 0.718. The lowest BCUT2D eigenvalue weighted by atomic mass is 9.97. The summed E-state index contributed by atoms with van der Waals surface area (Å²) in [5.74, 6) is 0. The molecule has 0 spiro atoms. The minimum absolute atomic E-state index is 0.693. The molecule has 0 aliphatic carbocycles. The number of nitrogens with zero attached hydrogens (tertiary/aromatic N) is 1. The molecule has 0 radical (unpaired) electrons. The molecule has 0 bridgehead atoms. The summed E-state index contributed by atoms with van der Waals surface area (Å²) < 4.78 is 0. The predicted octanol–water partition coefficient (Wildman–Crippen LogP) is 4.60. The van der Waals surface area contributed by atoms with Gasteiger partial charge < -0.3 is 0 Å². The first-order chi connectivity index (χ1) is 8.70. The highest BCUT2D eigenvalue weighted by Crippen LogP contribution is 2.24. The number of halogens is 1. The number of benzene rings is 2. The van der Waals surface area contributed by atoms with Crippen molar-refractivity contribution < 1.29 is 0 Å². The molecule has 88 valence electrons. The van der Waals surface area contributed by atoms with Gasteiger partial charge in [0.15, 0.2) is 0 Å². The van der Waals surface area contributed by atoms with Gasteiger partial charge in [-0.1, -0.05) is 53.6 Å². The van der Waals surface area contributed by atoms with Crippen LogP contribution >= 0.6 is 11.6 Å². The Hall–Kier alpha value is -2.04. The summed E-state index contributed by atoms with van der Waals surface area (Å²) in [5, 5.41) is 9.61. The van der Waals surface area contributed by atoms with Gasteiger partial charge in [-0.3, -0.25) is 0 Å². The average molecular weight is 254 g/mol. The molecule has 0 N–H and O–H groups in total. The van der Waals surface area contributed by atoms with Crippen LogP contribution in [0.3, 0.4) is 0 Å². The minimum atomic E-state index is 0.693. The zero-order chi connectivity index (χ0) is 13.0. The third kappa shape index (κ3) is 2.80. The van der Waals surface area contributed by atoms with Gasteiger partial charge in [0.2, 0.25) is 0 Å². The zero-order valence-corrected chi connectivity index (χ0v) is 10.8. The Kier molecular flexibility index (Phi) is 3.82. The molecule has 0 unspecified atom stereocenters. The number of aryl methyl sites for hydroxylation is 1. The molecular formula is C16H12ClN. The smallest absolute Gasteiger partial charge is 0.0918 e. The van der Waals surface area contributed by atoms with Crippen molar-refractivity contribution >= 4 is 17.2 Å². The van der Waals surface area contributed by atoms with Crippen LogP contribution < -0.4 is 0 Å². The van der Waals surface area contributed by atoms with Crippen molar-refractivity contribution in [1.82, 2.24) is 0 Å². The maximum atomic E-state index is 8.92. The molecule has 2 aromatic carbocycles. The van der Waals surface area contributed by atoms with Gasteiger partial charge in [0, 0.05) is 11.1 Å². The lowest BCUT2D eigenvalue weighted by Crippen LogP contribution is -1.88. The normalized spacial score (nSPS) is 11.1. The third-order valence-corrected chi connectivity index (χ3v) is 2.98. The first kappa shape index (κ1) is 12.4. The van der Waals surface area contributed by atoms with Gasteiger partial charge in [-0.05, 0) is 35.8 Å². The molecule has 0 saturated heterocycles. The third-order valence-electron chi connectivity index (χ3n) is 2.73. The van der Waals surface area contributed by atoms with Crippen molar-refractivity contribution in [2.45, 2.75) is 6.92 Å². The Morgan fingerprint density at radius 1 is 1.00 bits per heavy atom. The van der Waals surface area contributed by atoms with Crippen molar-refractivity contribution in [3.05, 3.63) is 76.3 Å². The van der Waals surface area contributed by atoms with Gasteiger partial charge in [0.05, 0.1) is 6.07 Å². The average Bonchev–Trinajstić information content (AvgIpc) is 2.39. The summed E-state index contributed by atoms with van der Waals surface area (Å²) in [6.45, 7) is 2.04. The molecule has 2 heteroatoms. The molecule has 1 nitrogen and oxygen atoms in total. The van der Waals surface area contributed by atoms with Crippen molar-refractivity contribution in [2.24, 2.45) is 0 Å². The number of allylic oxidation sites excluding steroid dienone is 1. The maximum absolute atomic E-state index is 8.92. The van der Waals surface area contributed by atoms with E-state index < -0.39 is 0 Å². The van der Waals surface area contributed by atoms with E-state index in [4.69, 9.17) is 16.9 Å². The topological polar surface area (TPSA) is 23.8 Å². The van der Waals surface area contributed by atoms with E-state index in [1.807, 2.05) is 55.5 Å². The number of rotatable bonds is 2. The molecule has 0 atom stereocenters. The standard InChI is InChI=1S/C16H12ClN/c1-12-2-4-13(5-3-12)16(10-11-18)14-6-8-15(17)9-7-14/h2-10H,1H3. The molecule has 0 saturated carbocycles. The Morgan fingerprint density at radius 3 is 2.00 bits per heavy atom. The van der Waals surface area contributed by atoms with E-state index in [0.29, 0.717) is 5.02 Å². The van der Waals surface area contributed by atoms with Gasteiger partial charge in [-0.2, -0.15) is 5.26 Å². The van der Waals surface area contributed by atoms with Crippen LogP contribution in [0, 0.1) is 18.3 Å². The fourth-order valence-electron chi connectivity index (χ4n) is 1.76. The van der Waals surface area contributed by atoms with Crippen LogP contribution in [0.25, 0.3) is 5.57 Å². The van der Waals surface area contributed by atoms with E-state index in [1.165, 1.54) is 5.56 Å². The Balaban J connectivity index is 2.47. The second-order valence-corrected chi connectivity index (χ2v) is 4.50. The van der Waals surface area contributed by atoms with E-state index in [-0.39, 0.29) is 0 Å². The van der Waals surface area contributed by atoms with Crippen LogP contribution in [0.1, 0.15) is 16.7 Å². The molecule has 18 heavy (non-hydrogen) atoms. The highest BCUT2D eigenvalue weighted by atomic mass is 35.5. The number of hydrogen-bond donors (Lipinski definition) is 0. The van der Waals surface area contributed by atoms with Crippen LogP contribution in [-0.2, 0) is 0 Å². The summed E-state index contributed by atoms with van der Waals surface area (Å²) in [4.78, 5) is 0. The summed E-state index contributed by atoms with van der Waals surface area (Å²) >= 11 is 5.88. The van der Waals surface area contributed by atoms with Crippen molar-refractivity contribution in [1.29, 1.82) is 5.26 Å². The summed E-state index contributed by atoms with van der Waals surface area (Å²) in [6.07, 6.45) is 1.56. The highest BCUT2D eigenvalue weighted by molar-refractivity contribution is 6.30. The van der Waals surface area contributed by atoms with Crippen molar-refractivity contribution in [3.8, 4) is 6.07 Å². The second-order valence-electron chi connectivity index (χ2n) is 4.06. The molecule has 0 aliphatic rings. The number of hydrogen-bond acceptors (Lipinski definition) is 1. The summed E-state index contributed by atoms with van der Waals surface area (Å²) in [6, 6.07) is 17.7. The van der Waals surface area contributed by atoms with Crippen molar-refractivity contribution in [3.63, 3.8) is 0 Å². The molecule has 0 aromatic heterocycles. The van der Waals surface area contributed by atoms with Gasteiger partial charge in [0.25, 0.3) is 0 Å². The van der Waals surface area contributed by atoms with E-state index in [9.17, 15) is 0 Å². The van der Waals surface area contributed by atoms with Crippen LogP contribution in [-0.4, -0.2) is 0 Å². The van der Waals surface area contributed by atoms with Gasteiger partial charge in [0.1, 0.15) is 0 Å². The molecule has 2 rings (SSSR count). The van der Waals surface area contributed by atoms with E-state index in [1.54, 1.807) is 6.08 Å². The van der Waals surface area contributed by atoms with Crippen molar-refractivity contribution in [2.75, 3.05) is 0 Å². The Morgan fingerprint density at radius 2 is 1.50 bits per heavy atom. The van der Waals surface area contributed by atoms with Gasteiger partial charge in [-0.15, -0.1) is 0 Å². The van der Waals surface area contributed by atoms with E-state index >= 15 is 0 Å². The van der Waals surface area contributed by atoms with Crippen LogP contribution in [0.15, 0.2) is 54.6 Å². The lowest BCUT2D eigenvalue weighted by molar-refractivity contribution is 1.44. The summed E-state index contributed by atoms with van der Waals surface area (Å²) in [7, 11) is 0. The SMILES string of the molecule is Cc1ccc(C(=CC#N)c2ccc(Cl)cc2)cc1. The summed E-state index contributed by atoms with van der Waals surface area (Å²) in [5.41, 5.74) is 4.13. The largest absolute Gasteiger partial charge is 0.193 e. The molecule has 0 amide bonds. The fraction of sp³-hybridized carbons (Fsp3) is 0.0625. The highest BCUT2D eigenvalue weighted by Gasteiger charge is 2.04. The molecule has 0 fully saturated rings. The molecular weight excluding hydrogens is 242 g/mol. The monoisotopic (exact) mass is 253 g/mol. The molecule has 0 aliphatic heterocycles. The van der Waals surface area contributed by atoms with Gasteiger partial charge >= 0.3 is 0 Å². The number of nitriles is 1. The molecule has 0 heterocycles. The van der Waals surface area contributed by atoms with E-state index in [2.05, 4.69) is 6.07 Å². The second kappa shape index (κ2) is 5.53. The Bertz CT molecular complexity index is 554.